The lowest BCUT2D eigenvalue weighted by molar-refractivity contribution is -0.384. The van der Waals surface area contributed by atoms with Crippen molar-refractivity contribution < 1.29 is 38.3 Å². The molecule has 3 atom stereocenters. The Bertz CT molecular complexity index is 1490. The molecule has 40 heavy (non-hydrogen) atoms. The molecule has 0 aromatic heterocycles. The average Bonchev–Trinajstić information content (AvgIpc) is 3.64. The number of non-ortho nitro benzene ring substituents is 1. The zero-order valence-corrected chi connectivity index (χ0v) is 21.6. The van der Waals surface area contributed by atoms with Gasteiger partial charge < -0.3 is 14.2 Å². The van der Waals surface area contributed by atoms with Crippen molar-refractivity contribution in [2.24, 2.45) is 5.92 Å². The molecule has 0 bridgehead atoms. The van der Waals surface area contributed by atoms with Gasteiger partial charge in [-0.1, -0.05) is 55.7 Å². The Kier molecular flexibility index (Phi) is 6.06. The fourth-order valence-corrected chi connectivity index (χ4v) is 6.14. The van der Waals surface area contributed by atoms with Crippen LogP contribution in [0.5, 0.6) is 0 Å². The molecule has 2 aliphatic heterocycles. The summed E-state index contributed by atoms with van der Waals surface area (Å²) >= 11 is 0. The third kappa shape index (κ3) is 3.68. The fraction of sp³-hybridized carbons (Fsp3) is 0.379. The van der Waals surface area contributed by atoms with Crippen molar-refractivity contribution in [3.8, 4) is 0 Å². The highest BCUT2D eigenvalue weighted by Gasteiger charge is 2.86. The molecule has 0 spiro atoms. The van der Waals surface area contributed by atoms with Crippen molar-refractivity contribution >= 4 is 29.2 Å². The van der Waals surface area contributed by atoms with Crippen molar-refractivity contribution in [1.29, 1.82) is 0 Å². The molecule has 1 N–H and O–H groups in total. The molecule has 2 aliphatic carbocycles. The van der Waals surface area contributed by atoms with E-state index in [4.69, 9.17) is 14.2 Å². The summed E-state index contributed by atoms with van der Waals surface area (Å²) in [5.74, 6) is -6.66. The summed E-state index contributed by atoms with van der Waals surface area (Å²) in [4.78, 5) is 65.5. The number of nitro benzene ring substituents is 1. The molecule has 1 saturated heterocycles. The lowest BCUT2D eigenvalue weighted by Gasteiger charge is -2.37. The van der Waals surface area contributed by atoms with E-state index in [1.54, 1.807) is 19.1 Å². The van der Waals surface area contributed by atoms with Gasteiger partial charge in [-0.2, -0.15) is 0 Å². The first-order valence-electron chi connectivity index (χ1n) is 13.3. The zero-order valence-electron chi connectivity index (χ0n) is 21.6. The highest BCUT2D eigenvalue weighted by Crippen LogP contribution is 2.60. The number of Topliss-reactive ketones (excluding diaryl/α,β-unsaturated/α-hetero) is 2. The number of allylic oxidation sites excluding steroid dienone is 1. The fourth-order valence-electron chi connectivity index (χ4n) is 6.14. The van der Waals surface area contributed by atoms with Crippen LogP contribution in [-0.4, -0.2) is 46.5 Å². The maximum absolute atomic E-state index is 13.9. The number of ether oxygens (including phenoxy) is 3. The highest BCUT2D eigenvalue weighted by molar-refractivity contribution is 6.27. The van der Waals surface area contributed by atoms with E-state index in [9.17, 15) is 29.3 Å². The Morgan fingerprint density at radius 2 is 1.68 bits per heavy atom. The number of ketones is 2. The molecular weight excluding hydrogens is 520 g/mol. The standard InChI is InChI=1S/C29H26N2O9/c1-2-38-27(35)28-22(16-12-14-18(15-13-16)31(36)37)21-23(32)19-10-6-7-11-20(19)24(33)25(21)39-29(28,30-28)40-26(34)17-8-4-3-5-9-17/h6-7,10-15,17,22,30H,2-5,8-9H2,1H3/t22-,28+,29-/m1/s1. The van der Waals surface area contributed by atoms with Gasteiger partial charge in [-0.25, -0.2) is 10.1 Å². The van der Waals surface area contributed by atoms with Gasteiger partial charge in [0.15, 0.2) is 11.5 Å². The number of esters is 2. The molecule has 11 nitrogen and oxygen atoms in total. The minimum Gasteiger partial charge on any atom is -0.464 e. The van der Waals surface area contributed by atoms with Crippen molar-refractivity contribution in [3.05, 3.63) is 86.7 Å². The van der Waals surface area contributed by atoms with Gasteiger partial charge in [0.2, 0.25) is 11.3 Å². The molecule has 0 amide bonds. The van der Waals surface area contributed by atoms with E-state index in [1.807, 2.05) is 0 Å². The van der Waals surface area contributed by atoms with E-state index in [0.29, 0.717) is 18.4 Å². The molecule has 0 unspecified atom stereocenters. The number of carbonyl (C=O) groups is 4. The molecule has 1 saturated carbocycles. The predicted octanol–water partition coefficient (Wildman–Crippen LogP) is 3.72. The van der Waals surface area contributed by atoms with Gasteiger partial charge in [0.1, 0.15) is 0 Å². The van der Waals surface area contributed by atoms with Crippen molar-refractivity contribution in [1.82, 2.24) is 5.32 Å². The first kappa shape index (κ1) is 25.9. The molecular formula is C29H26N2O9. The minimum atomic E-state index is -2.11. The Labute approximate surface area is 228 Å². The van der Waals surface area contributed by atoms with Crippen LogP contribution in [0.25, 0.3) is 0 Å². The quantitative estimate of drug-likeness (QED) is 0.245. The highest BCUT2D eigenvalue weighted by atomic mass is 16.8. The molecule has 206 valence electrons. The second-order valence-corrected chi connectivity index (χ2v) is 10.4. The second-order valence-electron chi connectivity index (χ2n) is 10.4. The lowest BCUT2D eigenvalue weighted by Crippen LogP contribution is -2.51. The van der Waals surface area contributed by atoms with Crippen LogP contribution in [-0.2, 0) is 23.8 Å². The Morgan fingerprint density at radius 1 is 1.02 bits per heavy atom. The third-order valence-electron chi connectivity index (χ3n) is 8.12. The number of hydrogen-bond acceptors (Lipinski definition) is 10. The molecule has 6 rings (SSSR count). The molecule has 0 radical (unpaired) electrons. The zero-order chi connectivity index (χ0) is 28.2. The topological polar surface area (TPSA) is 161 Å². The summed E-state index contributed by atoms with van der Waals surface area (Å²) in [6, 6.07) is 11.5. The van der Waals surface area contributed by atoms with Gasteiger partial charge in [-0.05, 0) is 25.3 Å². The lowest BCUT2D eigenvalue weighted by atomic mass is 9.71. The number of carbonyl (C=O) groups excluding carboxylic acids is 4. The van der Waals surface area contributed by atoms with Gasteiger partial charge in [-0.15, -0.1) is 0 Å². The monoisotopic (exact) mass is 546 g/mol. The van der Waals surface area contributed by atoms with E-state index in [0.717, 1.165) is 19.3 Å². The molecule has 11 heteroatoms. The van der Waals surface area contributed by atoms with Crippen LogP contribution in [0, 0.1) is 16.0 Å². The van der Waals surface area contributed by atoms with Crippen molar-refractivity contribution in [2.45, 2.75) is 56.4 Å². The van der Waals surface area contributed by atoms with Crippen LogP contribution in [0.3, 0.4) is 0 Å². The van der Waals surface area contributed by atoms with Gasteiger partial charge in [0.05, 0.1) is 28.9 Å². The van der Waals surface area contributed by atoms with Crippen molar-refractivity contribution in [3.63, 3.8) is 0 Å². The van der Waals surface area contributed by atoms with Gasteiger partial charge in [-0.3, -0.25) is 24.5 Å². The molecule has 2 fully saturated rings. The largest absolute Gasteiger partial charge is 0.464 e. The van der Waals surface area contributed by atoms with E-state index in [1.165, 1.54) is 36.4 Å². The van der Waals surface area contributed by atoms with Gasteiger partial charge in [0.25, 0.3) is 5.69 Å². The van der Waals surface area contributed by atoms with Crippen LogP contribution >= 0.6 is 0 Å². The third-order valence-corrected chi connectivity index (χ3v) is 8.12. The summed E-state index contributed by atoms with van der Waals surface area (Å²) in [5, 5.41) is 14.2. The summed E-state index contributed by atoms with van der Waals surface area (Å²) in [6.45, 7) is 1.58. The smallest absolute Gasteiger partial charge is 0.348 e. The number of hydrogen-bond donors (Lipinski definition) is 1. The normalized spacial score (nSPS) is 27.1. The molecule has 2 aromatic carbocycles. The predicted molar refractivity (Wildman–Crippen MR) is 137 cm³/mol. The second kappa shape index (κ2) is 9.37. The first-order valence-corrected chi connectivity index (χ1v) is 13.3. The summed E-state index contributed by atoms with van der Waals surface area (Å²) in [6.07, 6.45) is 3.95. The van der Waals surface area contributed by atoms with Gasteiger partial charge >= 0.3 is 17.8 Å². The number of benzene rings is 2. The van der Waals surface area contributed by atoms with E-state index in [-0.39, 0.29) is 34.8 Å². The van der Waals surface area contributed by atoms with Crippen LogP contribution in [0.4, 0.5) is 5.69 Å². The number of fused-ring (bicyclic) bond motifs is 2. The number of rotatable bonds is 6. The van der Waals surface area contributed by atoms with Crippen LogP contribution < -0.4 is 5.32 Å². The van der Waals surface area contributed by atoms with Gasteiger partial charge in [0, 0.05) is 23.3 Å². The minimum absolute atomic E-state index is 0.0243. The summed E-state index contributed by atoms with van der Waals surface area (Å²) in [5.41, 5.74) is -1.67. The maximum atomic E-state index is 13.9. The van der Waals surface area contributed by atoms with E-state index < -0.39 is 51.7 Å². The van der Waals surface area contributed by atoms with E-state index in [2.05, 4.69) is 5.32 Å². The van der Waals surface area contributed by atoms with Crippen LogP contribution in [0.1, 0.15) is 71.2 Å². The van der Waals surface area contributed by atoms with Crippen molar-refractivity contribution in [2.75, 3.05) is 6.61 Å². The summed E-state index contributed by atoms with van der Waals surface area (Å²) in [7, 11) is 0. The first-order chi connectivity index (χ1) is 19.2. The summed E-state index contributed by atoms with van der Waals surface area (Å²) < 4.78 is 17.4. The Morgan fingerprint density at radius 3 is 2.30 bits per heavy atom. The van der Waals surface area contributed by atoms with Crippen LogP contribution in [0.15, 0.2) is 59.9 Å². The average molecular weight is 547 g/mol. The molecule has 2 aromatic rings. The SMILES string of the molecule is CCOC(=O)[C@]12N[C@@]1(OC(=O)C1CCCCC1)OC1=C(C(=O)c3ccccc3C1=O)[C@H]2c1ccc([N+](=O)[O-])cc1. The maximum Gasteiger partial charge on any atom is 0.348 e. The Hall–Kier alpha value is -4.38. The molecule has 2 heterocycles. The number of nitrogens with zero attached hydrogens (tertiary/aromatic N) is 1. The number of nitrogens with one attached hydrogen (secondary N) is 1. The van der Waals surface area contributed by atoms with E-state index >= 15 is 0 Å². The Balaban J connectivity index is 1.53. The van der Waals surface area contributed by atoms with Crippen LogP contribution in [0.2, 0.25) is 0 Å². The number of nitro groups is 1. The molecule has 4 aliphatic rings.